The summed E-state index contributed by atoms with van der Waals surface area (Å²) in [5, 5.41) is 3.32. The zero-order valence-electron chi connectivity index (χ0n) is 6.51. The van der Waals surface area contributed by atoms with Crippen molar-refractivity contribution in [2.75, 3.05) is 13.1 Å². The lowest BCUT2D eigenvalue weighted by atomic mass is 10.3. The van der Waals surface area contributed by atoms with Gasteiger partial charge in [-0.25, -0.2) is 0 Å². The van der Waals surface area contributed by atoms with Crippen LogP contribution < -0.4 is 5.32 Å². The summed E-state index contributed by atoms with van der Waals surface area (Å²) in [6.07, 6.45) is 3.48. The lowest BCUT2D eigenvalue weighted by Gasteiger charge is -2.03. The zero-order chi connectivity index (χ0) is 7.82. The van der Waals surface area contributed by atoms with E-state index in [1.165, 1.54) is 12.8 Å². The van der Waals surface area contributed by atoms with Gasteiger partial charge in [-0.1, -0.05) is 6.92 Å². The molecule has 0 aliphatic carbocycles. The number of rotatable bonds is 6. The molecule has 0 heterocycles. The minimum atomic E-state index is 0.253. The Labute approximate surface area is 74.8 Å². The average Bonchev–Trinajstić information content (AvgIpc) is 1.87. The van der Waals surface area contributed by atoms with Gasteiger partial charge in [-0.15, -0.1) is 0 Å². The molecule has 0 aromatic carbocycles. The van der Waals surface area contributed by atoms with Crippen LogP contribution in [0, 0.1) is 0 Å². The van der Waals surface area contributed by atoms with Crippen molar-refractivity contribution in [3.8, 4) is 0 Å². The molecule has 0 saturated heterocycles. The van der Waals surface area contributed by atoms with Crippen molar-refractivity contribution in [1.29, 1.82) is 0 Å². The van der Waals surface area contributed by atoms with Crippen molar-refractivity contribution in [3.05, 3.63) is 0 Å². The van der Waals surface area contributed by atoms with Crippen LogP contribution in [0.1, 0.15) is 26.2 Å². The van der Waals surface area contributed by atoms with E-state index in [-0.39, 0.29) is 4.58 Å². The SMILES string of the molecule is CCCNCCCC(S)S. The van der Waals surface area contributed by atoms with Gasteiger partial charge in [-0.3, -0.25) is 0 Å². The van der Waals surface area contributed by atoms with Gasteiger partial charge in [0.15, 0.2) is 0 Å². The van der Waals surface area contributed by atoms with Crippen molar-refractivity contribution >= 4 is 25.3 Å². The first kappa shape index (κ1) is 10.7. The van der Waals surface area contributed by atoms with Crippen LogP contribution in [0.15, 0.2) is 0 Å². The molecule has 3 heteroatoms. The molecule has 0 spiro atoms. The molecule has 0 aromatic heterocycles. The minimum absolute atomic E-state index is 0.253. The van der Waals surface area contributed by atoms with Crippen LogP contribution in [0.3, 0.4) is 0 Å². The van der Waals surface area contributed by atoms with E-state index in [1.807, 2.05) is 0 Å². The van der Waals surface area contributed by atoms with Crippen LogP contribution in [0.2, 0.25) is 0 Å². The Morgan fingerprint density at radius 2 is 2.00 bits per heavy atom. The molecule has 0 saturated carbocycles. The third-order valence-corrected chi connectivity index (χ3v) is 1.76. The number of hydrogen-bond acceptors (Lipinski definition) is 3. The van der Waals surface area contributed by atoms with Crippen LogP contribution in [-0.4, -0.2) is 17.7 Å². The third kappa shape index (κ3) is 8.66. The van der Waals surface area contributed by atoms with E-state index in [0.29, 0.717) is 0 Å². The average molecular weight is 179 g/mol. The first-order chi connectivity index (χ1) is 4.77. The fourth-order valence-corrected chi connectivity index (χ4v) is 1.08. The highest BCUT2D eigenvalue weighted by Crippen LogP contribution is 2.06. The molecule has 0 fully saturated rings. The highest BCUT2D eigenvalue weighted by atomic mass is 32.2. The molecule has 0 rings (SSSR count). The smallest absolute Gasteiger partial charge is 0.0442 e. The maximum absolute atomic E-state index is 4.16. The Morgan fingerprint density at radius 3 is 2.50 bits per heavy atom. The Morgan fingerprint density at radius 1 is 1.30 bits per heavy atom. The number of thiol groups is 2. The third-order valence-electron chi connectivity index (χ3n) is 1.24. The molecule has 0 amide bonds. The highest BCUT2D eigenvalue weighted by molar-refractivity contribution is 7.99. The largest absolute Gasteiger partial charge is 0.317 e. The van der Waals surface area contributed by atoms with Gasteiger partial charge in [0, 0.05) is 4.58 Å². The van der Waals surface area contributed by atoms with E-state index in [1.54, 1.807) is 0 Å². The van der Waals surface area contributed by atoms with E-state index in [0.717, 1.165) is 19.5 Å². The molecule has 0 radical (unpaired) electrons. The molecule has 1 N–H and O–H groups in total. The molecular formula is C7H17NS2. The minimum Gasteiger partial charge on any atom is -0.317 e. The topological polar surface area (TPSA) is 12.0 Å². The monoisotopic (exact) mass is 179 g/mol. The lowest BCUT2D eigenvalue weighted by Crippen LogP contribution is -2.16. The maximum atomic E-state index is 4.16. The van der Waals surface area contributed by atoms with E-state index in [9.17, 15) is 0 Å². The van der Waals surface area contributed by atoms with Crippen molar-refractivity contribution in [2.24, 2.45) is 0 Å². The van der Waals surface area contributed by atoms with E-state index >= 15 is 0 Å². The summed E-state index contributed by atoms with van der Waals surface area (Å²) in [6, 6.07) is 0. The quantitative estimate of drug-likeness (QED) is 0.322. The van der Waals surface area contributed by atoms with E-state index in [2.05, 4.69) is 37.5 Å². The first-order valence-corrected chi connectivity index (χ1v) is 4.87. The second-order valence-corrected chi connectivity index (χ2v) is 4.03. The summed E-state index contributed by atoms with van der Waals surface area (Å²) >= 11 is 8.32. The van der Waals surface area contributed by atoms with Gasteiger partial charge in [0.2, 0.25) is 0 Å². The molecule has 10 heavy (non-hydrogen) atoms. The van der Waals surface area contributed by atoms with Crippen molar-refractivity contribution in [3.63, 3.8) is 0 Å². The Balaban J connectivity index is 2.77. The predicted molar refractivity (Wildman–Crippen MR) is 54.2 cm³/mol. The molecule has 0 aliphatic rings. The van der Waals surface area contributed by atoms with Crippen LogP contribution in [0.25, 0.3) is 0 Å². The van der Waals surface area contributed by atoms with Crippen LogP contribution >= 0.6 is 25.3 Å². The number of nitrogens with one attached hydrogen (secondary N) is 1. The molecule has 0 unspecified atom stereocenters. The van der Waals surface area contributed by atoms with Gasteiger partial charge < -0.3 is 5.32 Å². The van der Waals surface area contributed by atoms with Crippen molar-refractivity contribution in [2.45, 2.75) is 30.8 Å². The Kier molecular flexibility index (Phi) is 8.28. The summed E-state index contributed by atoms with van der Waals surface area (Å²) in [5.74, 6) is 0. The van der Waals surface area contributed by atoms with Crippen LogP contribution in [0.5, 0.6) is 0 Å². The highest BCUT2D eigenvalue weighted by Gasteiger charge is 1.93. The standard InChI is InChI=1S/C7H17NS2/c1-2-5-8-6-3-4-7(9)10/h7-10H,2-6H2,1H3. The van der Waals surface area contributed by atoms with Gasteiger partial charge in [0.1, 0.15) is 0 Å². The Hall–Kier alpha value is 0.660. The van der Waals surface area contributed by atoms with Gasteiger partial charge in [-0.2, -0.15) is 25.3 Å². The maximum Gasteiger partial charge on any atom is 0.0442 e. The van der Waals surface area contributed by atoms with Crippen molar-refractivity contribution in [1.82, 2.24) is 5.32 Å². The van der Waals surface area contributed by atoms with Crippen molar-refractivity contribution < 1.29 is 0 Å². The molecular weight excluding hydrogens is 162 g/mol. The predicted octanol–water partition coefficient (Wildman–Crippen LogP) is 1.95. The summed E-state index contributed by atoms with van der Waals surface area (Å²) in [5.41, 5.74) is 0. The van der Waals surface area contributed by atoms with E-state index < -0.39 is 0 Å². The van der Waals surface area contributed by atoms with E-state index in [4.69, 9.17) is 0 Å². The number of hydrogen-bond donors (Lipinski definition) is 3. The summed E-state index contributed by atoms with van der Waals surface area (Å²) in [7, 11) is 0. The molecule has 0 atom stereocenters. The summed E-state index contributed by atoms with van der Waals surface area (Å²) in [6.45, 7) is 4.41. The molecule has 1 nitrogen and oxygen atoms in total. The zero-order valence-corrected chi connectivity index (χ0v) is 8.30. The molecule has 0 bridgehead atoms. The normalized spacial score (nSPS) is 10.8. The summed E-state index contributed by atoms with van der Waals surface area (Å²) in [4.78, 5) is 0. The molecule has 0 aromatic rings. The van der Waals surface area contributed by atoms with Gasteiger partial charge in [0.25, 0.3) is 0 Å². The second kappa shape index (κ2) is 7.76. The van der Waals surface area contributed by atoms with Gasteiger partial charge in [-0.05, 0) is 32.4 Å². The fraction of sp³-hybridized carbons (Fsp3) is 1.00. The summed E-state index contributed by atoms with van der Waals surface area (Å²) < 4.78 is 0.253. The molecule has 62 valence electrons. The lowest BCUT2D eigenvalue weighted by molar-refractivity contribution is 0.631. The molecule has 0 aliphatic heterocycles. The fourth-order valence-electron chi connectivity index (χ4n) is 0.711. The van der Waals surface area contributed by atoms with Crippen LogP contribution in [-0.2, 0) is 0 Å². The second-order valence-electron chi connectivity index (χ2n) is 2.37. The Bertz CT molecular complexity index is 66.6. The first-order valence-electron chi connectivity index (χ1n) is 3.84. The van der Waals surface area contributed by atoms with Crippen LogP contribution in [0.4, 0.5) is 0 Å². The van der Waals surface area contributed by atoms with Gasteiger partial charge >= 0.3 is 0 Å². The van der Waals surface area contributed by atoms with Gasteiger partial charge in [0.05, 0.1) is 0 Å².